The molecule has 0 aromatic heterocycles. The Balaban J connectivity index is 2.44. The molecule has 2 rings (SSSR count). The molecule has 2 aliphatic rings. The third-order valence-corrected chi connectivity index (χ3v) is 3.07. The molecule has 2 heterocycles. The second-order valence-corrected chi connectivity index (χ2v) is 4.35. The lowest BCUT2D eigenvalue weighted by atomic mass is 9.69. The van der Waals surface area contributed by atoms with Crippen molar-refractivity contribution in [1.29, 1.82) is 0 Å². The Morgan fingerprint density at radius 1 is 1.36 bits per heavy atom. The molecule has 0 aromatic rings. The SMILES string of the molecule is C[N+]12CC(=O)O[B-]1(/C=C\Br)OC(=O)C2. The van der Waals surface area contributed by atoms with E-state index >= 15 is 0 Å². The molecule has 14 heavy (non-hydrogen) atoms. The fourth-order valence-electron chi connectivity index (χ4n) is 2.01. The fraction of sp³-hybridized carbons (Fsp3) is 0.429. The lowest BCUT2D eigenvalue weighted by molar-refractivity contribution is -0.791. The molecule has 0 N–H and O–H groups in total. The van der Waals surface area contributed by atoms with Gasteiger partial charge in [-0.25, -0.2) is 0 Å². The maximum absolute atomic E-state index is 11.2. The number of quaternary nitrogens is 1. The van der Waals surface area contributed by atoms with Gasteiger partial charge in [0.05, 0.1) is 0 Å². The van der Waals surface area contributed by atoms with Crippen molar-refractivity contribution in [3.05, 3.63) is 11.0 Å². The molecule has 0 saturated carbocycles. The van der Waals surface area contributed by atoms with Gasteiger partial charge in [0.2, 0.25) is 0 Å². The van der Waals surface area contributed by atoms with Crippen LogP contribution < -0.4 is 0 Å². The largest absolute Gasteiger partial charge is 0.608 e. The molecule has 0 aromatic carbocycles. The number of halogens is 1. The summed E-state index contributed by atoms with van der Waals surface area (Å²) in [5.41, 5.74) is 0. The van der Waals surface area contributed by atoms with E-state index in [-0.39, 0.29) is 29.4 Å². The molecular weight excluding hydrogens is 253 g/mol. The molecule has 2 aliphatic heterocycles. The van der Waals surface area contributed by atoms with E-state index in [0.29, 0.717) is 0 Å². The molecule has 7 heteroatoms. The minimum atomic E-state index is -1.97. The summed E-state index contributed by atoms with van der Waals surface area (Å²) in [6.45, 7) is -1.60. The summed E-state index contributed by atoms with van der Waals surface area (Å²) >= 11 is 3.10. The van der Waals surface area contributed by atoms with Gasteiger partial charge < -0.3 is 13.7 Å². The highest BCUT2D eigenvalue weighted by Crippen LogP contribution is 2.34. The average Bonchev–Trinajstić information content (AvgIpc) is 2.33. The van der Waals surface area contributed by atoms with Crippen LogP contribution in [0.3, 0.4) is 0 Å². The van der Waals surface area contributed by atoms with E-state index in [1.807, 2.05) is 0 Å². The Hall–Kier alpha value is -0.815. The third kappa shape index (κ3) is 1.12. The number of fused-ring (bicyclic) bond motifs is 1. The van der Waals surface area contributed by atoms with Gasteiger partial charge in [-0.15, -0.1) is 0 Å². The van der Waals surface area contributed by atoms with Gasteiger partial charge >= 0.3 is 18.6 Å². The Morgan fingerprint density at radius 3 is 2.29 bits per heavy atom. The molecule has 0 bridgehead atoms. The van der Waals surface area contributed by atoms with Crippen LogP contribution in [0.1, 0.15) is 0 Å². The number of hydrogen-bond acceptors (Lipinski definition) is 4. The Labute approximate surface area is 89.4 Å². The predicted octanol–water partition coefficient (Wildman–Crippen LogP) is -0.0667. The first kappa shape index (κ1) is 9.73. The Morgan fingerprint density at radius 2 is 1.86 bits per heavy atom. The topological polar surface area (TPSA) is 52.6 Å². The van der Waals surface area contributed by atoms with E-state index in [0.717, 1.165) is 0 Å². The zero-order valence-corrected chi connectivity index (χ0v) is 9.19. The van der Waals surface area contributed by atoms with Crippen molar-refractivity contribution in [3.63, 3.8) is 0 Å². The molecule has 0 aliphatic carbocycles. The number of nitrogens with zero attached hydrogens (tertiary/aromatic N) is 1. The van der Waals surface area contributed by atoms with E-state index in [9.17, 15) is 9.59 Å². The minimum Gasteiger partial charge on any atom is -0.596 e. The van der Waals surface area contributed by atoms with Gasteiger partial charge in [-0.05, 0) is 4.99 Å². The van der Waals surface area contributed by atoms with E-state index in [1.165, 1.54) is 0 Å². The van der Waals surface area contributed by atoms with Crippen LogP contribution in [0.15, 0.2) is 11.0 Å². The van der Waals surface area contributed by atoms with Crippen LogP contribution in [-0.2, 0) is 18.9 Å². The average molecular weight is 262 g/mol. The van der Waals surface area contributed by atoms with Crippen molar-refractivity contribution in [2.45, 2.75) is 0 Å². The van der Waals surface area contributed by atoms with Crippen molar-refractivity contribution in [2.75, 3.05) is 20.1 Å². The molecule has 0 radical (unpaired) electrons. The number of carbonyl (C=O) groups excluding carboxylic acids is 2. The Bertz CT molecular complexity index is 323. The zero-order valence-electron chi connectivity index (χ0n) is 7.60. The highest BCUT2D eigenvalue weighted by atomic mass is 79.9. The second kappa shape index (κ2) is 2.84. The molecule has 76 valence electrons. The number of rotatable bonds is 1. The number of likely N-dealkylation sites (N-methyl/N-ethyl adjacent to an activating group) is 1. The van der Waals surface area contributed by atoms with Crippen LogP contribution in [0.2, 0.25) is 0 Å². The van der Waals surface area contributed by atoms with Crippen molar-refractivity contribution >= 4 is 34.6 Å². The van der Waals surface area contributed by atoms with Crippen LogP contribution >= 0.6 is 15.9 Å². The van der Waals surface area contributed by atoms with Crippen LogP contribution in [0, 0.1) is 0 Å². The summed E-state index contributed by atoms with van der Waals surface area (Å²) in [5, 5.41) is 0. The van der Waals surface area contributed by atoms with E-state index in [1.54, 1.807) is 18.0 Å². The Kier molecular flexibility index (Phi) is 1.97. The van der Waals surface area contributed by atoms with Gasteiger partial charge in [0, 0.05) is 7.05 Å². The van der Waals surface area contributed by atoms with Gasteiger partial charge in [0.1, 0.15) is 13.1 Å². The molecule has 0 amide bonds. The third-order valence-electron chi connectivity index (χ3n) is 2.77. The van der Waals surface area contributed by atoms with E-state index in [4.69, 9.17) is 9.31 Å². The summed E-state index contributed by atoms with van der Waals surface area (Å²) in [7, 11) is 1.78. The van der Waals surface area contributed by atoms with Crippen LogP contribution in [0.5, 0.6) is 0 Å². The molecular formula is C7H9BBrNO4. The summed E-state index contributed by atoms with van der Waals surface area (Å²) in [4.78, 5) is 23.9. The first-order chi connectivity index (χ1) is 6.51. The highest BCUT2D eigenvalue weighted by Gasteiger charge is 2.63. The van der Waals surface area contributed by atoms with Gasteiger partial charge in [0.15, 0.2) is 0 Å². The van der Waals surface area contributed by atoms with Gasteiger partial charge in [0.25, 0.3) is 0 Å². The summed E-state index contributed by atoms with van der Waals surface area (Å²) in [5.74, 6) is 0.937. The summed E-state index contributed by atoms with van der Waals surface area (Å²) in [6.07, 6.45) is 0. The molecule has 2 saturated heterocycles. The first-order valence-corrected chi connectivity index (χ1v) is 5.13. The molecule has 5 nitrogen and oxygen atoms in total. The number of carbonyl (C=O) groups is 2. The molecule has 2 fully saturated rings. The number of hydrogen-bond donors (Lipinski definition) is 0. The molecule has 0 unspecified atom stereocenters. The summed E-state index contributed by atoms with van der Waals surface area (Å²) < 4.78 is 10.4. The maximum Gasteiger partial charge on any atom is 0.608 e. The molecule has 0 atom stereocenters. The first-order valence-electron chi connectivity index (χ1n) is 4.22. The van der Waals surface area contributed by atoms with Gasteiger partial charge in [-0.3, -0.25) is 9.59 Å². The van der Waals surface area contributed by atoms with Crippen LogP contribution in [0.4, 0.5) is 0 Å². The summed E-state index contributed by atoms with van der Waals surface area (Å²) in [6, 6.07) is 0. The van der Waals surface area contributed by atoms with Crippen molar-refractivity contribution in [3.8, 4) is 0 Å². The molecule has 0 spiro atoms. The minimum absolute atomic E-state index is 0.184. The highest BCUT2D eigenvalue weighted by molar-refractivity contribution is 9.11. The monoisotopic (exact) mass is 261 g/mol. The maximum atomic E-state index is 11.2. The van der Waals surface area contributed by atoms with E-state index in [2.05, 4.69) is 15.9 Å². The van der Waals surface area contributed by atoms with Crippen molar-refractivity contribution < 1.29 is 23.3 Å². The van der Waals surface area contributed by atoms with E-state index < -0.39 is 6.69 Å². The van der Waals surface area contributed by atoms with Gasteiger partial charge in [-0.1, -0.05) is 21.9 Å². The van der Waals surface area contributed by atoms with Crippen LogP contribution in [-0.4, -0.2) is 43.2 Å². The van der Waals surface area contributed by atoms with Gasteiger partial charge in [-0.2, -0.15) is 0 Å². The standard InChI is InChI=1S/C7H9BBrNO4/c1-10-4-6(11)13-8(10,2-3-9)14-7(12)5-10/h2-3H,4-5H2,1H3/b3-2-. The smallest absolute Gasteiger partial charge is 0.596 e. The lowest BCUT2D eigenvalue weighted by Gasteiger charge is -2.37. The predicted molar refractivity (Wildman–Crippen MR) is 51.9 cm³/mol. The zero-order chi connectivity index (χ0) is 10.4. The second-order valence-electron chi connectivity index (χ2n) is 3.82. The van der Waals surface area contributed by atoms with Crippen molar-refractivity contribution in [2.24, 2.45) is 0 Å². The van der Waals surface area contributed by atoms with Crippen LogP contribution in [0.25, 0.3) is 0 Å². The van der Waals surface area contributed by atoms with Crippen molar-refractivity contribution in [1.82, 2.24) is 0 Å². The quantitative estimate of drug-likeness (QED) is 0.621. The fourth-order valence-corrected chi connectivity index (χ4v) is 2.39. The normalized spacial score (nSPS) is 41.3. The lowest BCUT2D eigenvalue weighted by Crippen LogP contribution is -2.58.